The number of nitrogens with zero attached hydrogens (tertiary/aromatic N) is 3. The van der Waals surface area contributed by atoms with Crippen LogP contribution in [0.5, 0.6) is 5.75 Å². The number of hydrogen-bond donors (Lipinski definition) is 1. The number of alkyl halides is 3. The molecule has 0 saturated heterocycles. The maximum atomic E-state index is 13.4. The van der Waals surface area contributed by atoms with E-state index in [1.165, 1.54) is 6.07 Å². The van der Waals surface area contributed by atoms with Crippen LogP contribution in [0.2, 0.25) is 0 Å². The number of fused-ring (bicyclic) bond motifs is 1. The zero-order chi connectivity index (χ0) is 24.9. The highest BCUT2D eigenvalue weighted by Gasteiger charge is 2.38. The number of pyridine rings is 1. The second-order valence-corrected chi connectivity index (χ2v) is 6.92. The molecule has 0 aliphatic carbocycles. The van der Waals surface area contributed by atoms with Gasteiger partial charge in [0.15, 0.2) is 11.6 Å². The van der Waals surface area contributed by atoms with Crippen molar-refractivity contribution in [3.8, 4) is 5.75 Å². The van der Waals surface area contributed by atoms with E-state index in [1.807, 2.05) is 0 Å². The van der Waals surface area contributed by atoms with Crippen LogP contribution in [0.1, 0.15) is 27.4 Å². The van der Waals surface area contributed by atoms with Crippen LogP contribution in [-0.4, -0.2) is 44.7 Å². The van der Waals surface area contributed by atoms with E-state index in [9.17, 15) is 26.7 Å². The Hall–Kier alpha value is -4.03. The Bertz CT molecular complexity index is 1170. The van der Waals surface area contributed by atoms with Gasteiger partial charge in [0.25, 0.3) is 5.91 Å². The number of carbonyl (C=O) groups excluding carboxylic acids is 1. The van der Waals surface area contributed by atoms with Crippen molar-refractivity contribution in [3.05, 3.63) is 76.9 Å². The third kappa shape index (κ3) is 6.05. The van der Waals surface area contributed by atoms with Gasteiger partial charge in [-0.15, -0.1) is 0 Å². The number of aliphatic carboxylic acids is 1. The summed E-state index contributed by atoms with van der Waals surface area (Å²) in [6.07, 6.45) is -1.36. The lowest BCUT2D eigenvalue weighted by atomic mass is 10.0. The van der Waals surface area contributed by atoms with Gasteiger partial charge in [-0.1, -0.05) is 5.16 Å². The summed E-state index contributed by atoms with van der Waals surface area (Å²) in [6, 6.07) is 6.67. The molecule has 1 amide bonds. The number of carboxylic acid groups (broad SMARTS) is 1. The molecule has 1 aliphatic heterocycles. The van der Waals surface area contributed by atoms with Gasteiger partial charge < -0.3 is 19.3 Å². The second kappa shape index (κ2) is 10.3. The molecule has 0 radical (unpaired) electrons. The predicted octanol–water partition coefficient (Wildman–Crippen LogP) is 3.76. The number of hydrogen-bond acceptors (Lipinski definition) is 6. The van der Waals surface area contributed by atoms with Gasteiger partial charge >= 0.3 is 12.1 Å². The largest absolute Gasteiger partial charge is 0.490 e. The first kappa shape index (κ1) is 24.6. The summed E-state index contributed by atoms with van der Waals surface area (Å²) in [6.45, 7) is 0.850. The Labute approximate surface area is 188 Å². The van der Waals surface area contributed by atoms with E-state index in [0.717, 1.165) is 17.7 Å². The highest BCUT2D eigenvalue weighted by atomic mass is 19.4. The molecular weight excluding hydrogens is 469 g/mol. The number of aromatic nitrogens is 2. The summed E-state index contributed by atoms with van der Waals surface area (Å²) in [5, 5.41) is 11.2. The molecule has 3 aromatic rings. The van der Waals surface area contributed by atoms with Crippen molar-refractivity contribution in [1.82, 2.24) is 15.0 Å². The fourth-order valence-corrected chi connectivity index (χ4v) is 2.95. The second-order valence-electron chi connectivity index (χ2n) is 6.92. The van der Waals surface area contributed by atoms with Gasteiger partial charge in [-0.05, 0) is 30.3 Å². The normalized spacial score (nSPS) is 12.9. The highest BCUT2D eigenvalue weighted by Crippen LogP contribution is 2.25. The Morgan fingerprint density at radius 3 is 2.53 bits per heavy atom. The number of carbonyl (C=O) groups is 2. The summed E-state index contributed by atoms with van der Waals surface area (Å²) in [4.78, 5) is 27.1. The summed E-state index contributed by atoms with van der Waals surface area (Å²) < 4.78 is 69.3. The van der Waals surface area contributed by atoms with Crippen LogP contribution in [0.3, 0.4) is 0 Å². The SMILES string of the molecule is O=C(O)C(F)(F)F.O=C(c1ccc(F)c(F)c1)N1CCc2onc(COc3cccnc3)c2C1. The van der Waals surface area contributed by atoms with Gasteiger partial charge in [0.2, 0.25) is 0 Å². The molecule has 4 rings (SSSR count). The Morgan fingerprint density at radius 2 is 1.91 bits per heavy atom. The molecular formula is C21H16F5N3O5. The van der Waals surface area contributed by atoms with Gasteiger partial charge in [-0.3, -0.25) is 9.78 Å². The topological polar surface area (TPSA) is 106 Å². The van der Waals surface area contributed by atoms with Crippen LogP contribution >= 0.6 is 0 Å². The predicted molar refractivity (Wildman–Crippen MR) is 104 cm³/mol. The van der Waals surface area contributed by atoms with Crippen molar-refractivity contribution in [3.63, 3.8) is 0 Å². The molecule has 0 bridgehead atoms. The van der Waals surface area contributed by atoms with Crippen molar-refractivity contribution in [2.45, 2.75) is 25.7 Å². The standard InChI is InChI=1S/C19H15F2N3O3.C2HF3O2/c20-15-4-3-12(8-16(15)21)19(25)24-7-5-18-14(10-24)17(23-27-18)11-26-13-2-1-6-22-9-13;3-2(4,5)1(6)7/h1-4,6,8-9H,5,7,10-11H2;(H,6,7). The first-order valence-corrected chi connectivity index (χ1v) is 9.60. The molecule has 13 heteroatoms. The summed E-state index contributed by atoms with van der Waals surface area (Å²) in [7, 11) is 0. The van der Waals surface area contributed by atoms with Crippen molar-refractivity contribution in [2.24, 2.45) is 0 Å². The van der Waals surface area contributed by atoms with Crippen LogP contribution in [-0.2, 0) is 24.4 Å². The minimum Gasteiger partial charge on any atom is -0.486 e. The van der Waals surface area contributed by atoms with E-state index >= 15 is 0 Å². The zero-order valence-electron chi connectivity index (χ0n) is 17.2. The maximum absolute atomic E-state index is 13.4. The van der Waals surface area contributed by atoms with E-state index in [0.29, 0.717) is 30.2 Å². The molecule has 1 N–H and O–H groups in total. The zero-order valence-corrected chi connectivity index (χ0v) is 17.2. The van der Waals surface area contributed by atoms with Crippen LogP contribution in [0.25, 0.3) is 0 Å². The van der Waals surface area contributed by atoms with Crippen LogP contribution < -0.4 is 4.74 Å². The smallest absolute Gasteiger partial charge is 0.486 e. The van der Waals surface area contributed by atoms with E-state index in [2.05, 4.69) is 10.1 Å². The molecule has 0 unspecified atom stereocenters. The van der Waals surface area contributed by atoms with Gasteiger partial charge in [-0.25, -0.2) is 13.6 Å². The molecule has 8 nitrogen and oxygen atoms in total. The number of amides is 1. The molecule has 0 spiro atoms. The Balaban J connectivity index is 0.000000406. The first-order chi connectivity index (χ1) is 16.1. The van der Waals surface area contributed by atoms with Crippen LogP contribution in [0.15, 0.2) is 47.2 Å². The third-order valence-electron chi connectivity index (χ3n) is 4.61. The molecule has 180 valence electrons. The number of benzene rings is 1. The number of carboxylic acids is 1. The van der Waals surface area contributed by atoms with E-state index in [-0.39, 0.29) is 24.6 Å². The van der Waals surface area contributed by atoms with Crippen LogP contribution in [0, 0.1) is 11.6 Å². The van der Waals surface area contributed by atoms with E-state index < -0.39 is 23.8 Å². The van der Waals surface area contributed by atoms with Crippen LogP contribution in [0.4, 0.5) is 22.0 Å². The first-order valence-electron chi connectivity index (χ1n) is 9.60. The molecule has 0 saturated carbocycles. The van der Waals surface area contributed by atoms with Gasteiger partial charge in [0.1, 0.15) is 23.8 Å². The summed E-state index contributed by atoms with van der Waals surface area (Å²) in [5.74, 6) is -3.86. The van der Waals surface area contributed by atoms with Crippen molar-refractivity contribution in [1.29, 1.82) is 0 Å². The monoisotopic (exact) mass is 485 g/mol. The Kier molecular flexibility index (Phi) is 7.44. The molecule has 1 aliphatic rings. The fraction of sp³-hybridized carbons (Fsp3) is 0.238. The number of halogens is 5. The molecule has 1 aromatic carbocycles. The molecule has 0 fully saturated rings. The summed E-state index contributed by atoms with van der Waals surface area (Å²) >= 11 is 0. The fourth-order valence-electron chi connectivity index (χ4n) is 2.95. The maximum Gasteiger partial charge on any atom is 0.490 e. The third-order valence-corrected chi connectivity index (χ3v) is 4.61. The average Bonchev–Trinajstić information content (AvgIpc) is 3.21. The molecule has 2 aromatic heterocycles. The average molecular weight is 485 g/mol. The van der Waals surface area contributed by atoms with Gasteiger partial charge in [0.05, 0.1) is 12.7 Å². The summed E-state index contributed by atoms with van der Waals surface area (Å²) in [5.41, 5.74) is 1.47. The van der Waals surface area contributed by atoms with Crippen molar-refractivity contribution < 1.29 is 45.9 Å². The van der Waals surface area contributed by atoms with Gasteiger partial charge in [0, 0.05) is 30.3 Å². The lowest BCUT2D eigenvalue weighted by Crippen LogP contribution is -2.36. The number of ether oxygens (including phenoxy) is 1. The van der Waals surface area contributed by atoms with E-state index in [1.54, 1.807) is 29.4 Å². The minimum absolute atomic E-state index is 0.0990. The Morgan fingerprint density at radius 1 is 1.18 bits per heavy atom. The number of rotatable bonds is 4. The highest BCUT2D eigenvalue weighted by molar-refractivity contribution is 5.94. The lowest BCUT2D eigenvalue weighted by Gasteiger charge is -2.26. The van der Waals surface area contributed by atoms with E-state index in [4.69, 9.17) is 19.2 Å². The van der Waals surface area contributed by atoms with Gasteiger partial charge in [-0.2, -0.15) is 13.2 Å². The van der Waals surface area contributed by atoms with Crippen molar-refractivity contribution in [2.75, 3.05) is 6.54 Å². The lowest BCUT2D eigenvalue weighted by molar-refractivity contribution is -0.192. The minimum atomic E-state index is -5.08. The quantitative estimate of drug-likeness (QED) is 0.561. The molecule has 34 heavy (non-hydrogen) atoms. The molecule has 0 atom stereocenters. The van der Waals surface area contributed by atoms with Crippen molar-refractivity contribution >= 4 is 11.9 Å². The molecule has 3 heterocycles.